The van der Waals surface area contributed by atoms with E-state index in [4.69, 9.17) is 4.52 Å². The largest absolute Gasteiger partial charge is 0.338 e. The Hall–Kier alpha value is -2.47. The molecule has 2 aromatic heterocycles. The minimum Gasteiger partial charge on any atom is -0.338 e. The average Bonchev–Trinajstić information content (AvgIpc) is 3.17. The molecule has 1 aromatic carbocycles. The lowest BCUT2D eigenvalue weighted by molar-refractivity contribution is 0.350. The summed E-state index contributed by atoms with van der Waals surface area (Å²) in [5.41, 5.74) is 2.14. The van der Waals surface area contributed by atoms with Gasteiger partial charge in [0.25, 0.3) is 0 Å². The summed E-state index contributed by atoms with van der Waals surface area (Å²) >= 11 is 0. The zero-order valence-electron chi connectivity index (χ0n) is 12.7. The lowest BCUT2D eigenvalue weighted by Gasteiger charge is -2.11. The summed E-state index contributed by atoms with van der Waals surface area (Å²) in [6, 6.07) is 10.2. The summed E-state index contributed by atoms with van der Waals surface area (Å²) in [5.74, 6) is 1.22. The first kappa shape index (κ1) is 14.5. The van der Waals surface area contributed by atoms with Gasteiger partial charge in [0.05, 0.1) is 13.1 Å². The molecule has 114 valence electrons. The molecule has 1 N–H and O–H groups in total. The molecule has 1 atom stereocenters. The molecular formula is C16H19N5O. The Bertz CT molecular complexity index is 720. The van der Waals surface area contributed by atoms with Crippen LogP contribution < -0.4 is 5.32 Å². The van der Waals surface area contributed by atoms with Crippen LogP contribution in [-0.4, -0.2) is 26.0 Å². The lowest BCUT2D eigenvalue weighted by Crippen LogP contribution is -2.30. The van der Waals surface area contributed by atoms with E-state index in [1.165, 1.54) is 0 Å². The number of nitrogens with zero attached hydrogens (tertiary/aromatic N) is 4. The molecule has 2 heterocycles. The SMILES string of the molecule is Cc1ccccc1-c1noc(CNC(C)Cn2cccn2)n1. The monoisotopic (exact) mass is 297 g/mol. The lowest BCUT2D eigenvalue weighted by atomic mass is 10.1. The highest BCUT2D eigenvalue weighted by Crippen LogP contribution is 2.19. The Morgan fingerprint density at radius 2 is 2.14 bits per heavy atom. The van der Waals surface area contributed by atoms with Gasteiger partial charge in [0.1, 0.15) is 0 Å². The van der Waals surface area contributed by atoms with E-state index in [1.807, 2.05) is 48.1 Å². The van der Waals surface area contributed by atoms with Gasteiger partial charge in [-0.1, -0.05) is 29.4 Å². The van der Waals surface area contributed by atoms with Crippen LogP contribution in [0, 0.1) is 6.92 Å². The minimum atomic E-state index is 0.258. The van der Waals surface area contributed by atoms with Gasteiger partial charge in [0.15, 0.2) is 0 Å². The van der Waals surface area contributed by atoms with Crippen molar-refractivity contribution in [2.45, 2.75) is 33.0 Å². The second-order valence-corrected chi connectivity index (χ2v) is 5.34. The van der Waals surface area contributed by atoms with E-state index in [9.17, 15) is 0 Å². The molecule has 0 saturated heterocycles. The minimum absolute atomic E-state index is 0.258. The van der Waals surface area contributed by atoms with Crippen molar-refractivity contribution in [2.24, 2.45) is 0 Å². The summed E-state index contributed by atoms with van der Waals surface area (Å²) in [7, 11) is 0. The maximum absolute atomic E-state index is 5.31. The van der Waals surface area contributed by atoms with Crippen LogP contribution in [0.1, 0.15) is 18.4 Å². The van der Waals surface area contributed by atoms with Crippen molar-refractivity contribution in [3.63, 3.8) is 0 Å². The van der Waals surface area contributed by atoms with Crippen molar-refractivity contribution in [2.75, 3.05) is 0 Å². The van der Waals surface area contributed by atoms with Gasteiger partial charge in [-0.2, -0.15) is 10.1 Å². The van der Waals surface area contributed by atoms with Crippen LogP contribution in [-0.2, 0) is 13.1 Å². The molecule has 6 nitrogen and oxygen atoms in total. The predicted molar refractivity (Wildman–Crippen MR) is 83.0 cm³/mol. The van der Waals surface area contributed by atoms with Crippen LogP contribution in [0.2, 0.25) is 0 Å². The third kappa shape index (κ3) is 3.40. The van der Waals surface area contributed by atoms with Crippen molar-refractivity contribution >= 4 is 0 Å². The quantitative estimate of drug-likeness (QED) is 0.756. The summed E-state index contributed by atoms with van der Waals surface area (Å²) in [5, 5.41) is 11.6. The van der Waals surface area contributed by atoms with Crippen molar-refractivity contribution < 1.29 is 4.52 Å². The van der Waals surface area contributed by atoms with Gasteiger partial charge in [-0.3, -0.25) is 4.68 Å². The maximum Gasteiger partial charge on any atom is 0.240 e. The molecule has 3 rings (SSSR count). The van der Waals surface area contributed by atoms with E-state index in [2.05, 4.69) is 27.5 Å². The van der Waals surface area contributed by atoms with E-state index in [0.717, 1.165) is 17.7 Å². The molecule has 0 aliphatic carbocycles. The van der Waals surface area contributed by atoms with Gasteiger partial charge in [-0.15, -0.1) is 0 Å². The van der Waals surface area contributed by atoms with Crippen LogP contribution in [0.15, 0.2) is 47.2 Å². The molecule has 0 amide bonds. The average molecular weight is 297 g/mol. The smallest absolute Gasteiger partial charge is 0.240 e. The summed E-state index contributed by atoms with van der Waals surface area (Å²) in [4.78, 5) is 4.45. The summed E-state index contributed by atoms with van der Waals surface area (Å²) < 4.78 is 7.21. The molecule has 0 aliphatic heterocycles. The fourth-order valence-electron chi connectivity index (χ4n) is 2.27. The van der Waals surface area contributed by atoms with Crippen LogP contribution >= 0.6 is 0 Å². The zero-order valence-corrected chi connectivity index (χ0v) is 12.7. The Labute approximate surface area is 129 Å². The van der Waals surface area contributed by atoms with Crippen molar-refractivity contribution in [3.8, 4) is 11.4 Å². The maximum atomic E-state index is 5.31. The van der Waals surface area contributed by atoms with Gasteiger partial charge in [-0.05, 0) is 25.5 Å². The predicted octanol–water partition coefficient (Wildman–Crippen LogP) is 2.42. The highest BCUT2D eigenvalue weighted by Gasteiger charge is 2.11. The normalized spacial score (nSPS) is 12.5. The Morgan fingerprint density at radius 1 is 1.27 bits per heavy atom. The molecule has 0 radical (unpaired) electrons. The van der Waals surface area contributed by atoms with Crippen molar-refractivity contribution in [3.05, 3.63) is 54.2 Å². The van der Waals surface area contributed by atoms with Crippen LogP contribution in [0.25, 0.3) is 11.4 Å². The zero-order chi connectivity index (χ0) is 15.4. The molecule has 0 spiro atoms. The fourth-order valence-corrected chi connectivity index (χ4v) is 2.27. The second-order valence-electron chi connectivity index (χ2n) is 5.34. The van der Waals surface area contributed by atoms with Crippen molar-refractivity contribution in [1.82, 2.24) is 25.2 Å². The number of hydrogen-bond donors (Lipinski definition) is 1. The summed E-state index contributed by atoms with van der Waals surface area (Å²) in [6.45, 7) is 5.48. The molecule has 3 aromatic rings. The number of hydrogen-bond acceptors (Lipinski definition) is 5. The van der Waals surface area contributed by atoms with Gasteiger partial charge < -0.3 is 9.84 Å². The van der Waals surface area contributed by atoms with Crippen molar-refractivity contribution in [1.29, 1.82) is 0 Å². The Kier molecular flexibility index (Phi) is 4.29. The molecule has 6 heteroatoms. The van der Waals surface area contributed by atoms with E-state index < -0.39 is 0 Å². The van der Waals surface area contributed by atoms with Crippen LogP contribution in [0.5, 0.6) is 0 Å². The highest BCUT2D eigenvalue weighted by atomic mass is 16.5. The third-order valence-electron chi connectivity index (χ3n) is 3.48. The number of benzene rings is 1. The van der Waals surface area contributed by atoms with Gasteiger partial charge in [-0.25, -0.2) is 0 Å². The molecule has 0 bridgehead atoms. The second kappa shape index (κ2) is 6.53. The highest BCUT2D eigenvalue weighted by molar-refractivity contribution is 5.58. The Balaban J connectivity index is 1.59. The van der Waals surface area contributed by atoms with Gasteiger partial charge in [0.2, 0.25) is 11.7 Å². The molecular weight excluding hydrogens is 278 g/mol. The number of rotatable bonds is 6. The first-order valence-electron chi connectivity index (χ1n) is 7.32. The number of aromatic nitrogens is 4. The molecule has 1 unspecified atom stereocenters. The van der Waals surface area contributed by atoms with Crippen LogP contribution in [0.4, 0.5) is 0 Å². The first-order chi connectivity index (χ1) is 10.7. The molecule has 22 heavy (non-hydrogen) atoms. The van der Waals surface area contributed by atoms with E-state index in [1.54, 1.807) is 6.20 Å². The van der Waals surface area contributed by atoms with Gasteiger partial charge in [0, 0.05) is 24.0 Å². The number of aryl methyl sites for hydroxylation is 1. The first-order valence-corrected chi connectivity index (χ1v) is 7.32. The molecule has 0 saturated carbocycles. The molecule has 0 fully saturated rings. The summed E-state index contributed by atoms with van der Waals surface area (Å²) in [6.07, 6.45) is 3.72. The van der Waals surface area contributed by atoms with E-state index in [-0.39, 0.29) is 6.04 Å². The Morgan fingerprint density at radius 3 is 2.91 bits per heavy atom. The third-order valence-corrected chi connectivity index (χ3v) is 3.48. The number of nitrogens with one attached hydrogen (secondary N) is 1. The fraction of sp³-hybridized carbons (Fsp3) is 0.312. The van der Waals surface area contributed by atoms with E-state index >= 15 is 0 Å². The topological polar surface area (TPSA) is 68.8 Å². The standard InChI is InChI=1S/C16H19N5O/c1-12-6-3-4-7-14(12)16-19-15(22-20-16)10-17-13(2)11-21-9-5-8-18-21/h3-9,13,17H,10-11H2,1-2H3. The van der Waals surface area contributed by atoms with Crippen LogP contribution in [0.3, 0.4) is 0 Å². The van der Waals surface area contributed by atoms with Gasteiger partial charge >= 0.3 is 0 Å². The molecule has 0 aliphatic rings. The van der Waals surface area contributed by atoms with E-state index in [0.29, 0.717) is 18.3 Å².